The molecule has 0 radical (unpaired) electrons. The van der Waals surface area contributed by atoms with E-state index in [1.165, 1.54) is 7.11 Å². The van der Waals surface area contributed by atoms with Crippen molar-refractivity contribution in [2.75, 3.05) is 19.5 Å². The summed E-state index contributed by atoms with van der Waals surface area (Å²) >= 11 is 0. The average molecular weight is 438 g/mol. The summed E-state index contributed by atoms with van der Waals surface area (Å²) in [5.41, 5.74) is 8.77. The van der Waals surface area contributed by atoms with Crippen LogP contribution in [-0.2, 0) is 28.8 Å². The van der Waals surface area contributed by atoms with Crippen LogP contribution in [0.25, 0.3) is 0 Å². The van der Waals surface area contributed by atoms with Crippen molar-refractivity contribution in [2.24, 2.45) is 5.73 Å². The lowest BCUT2D eigenvalue weighted by Crippen LogP contribution is -2.33. The molecule has 2 heterocycles. The van der Waals surface area contributed by atoms with Gasteiger partial charge in [-0.15, -0.1) is 37.2 Å². The molecule has 2 aromatic heterocycles. The lowest BCUT2D eigenvalue weighted by atomic mass is 10.1. The van der Waals surface area contributed by atoms with Gasteiger partial charge in [-0.05, 0) is 43.0 Å². The maximum Gasteiger partial charge on any atom is 0.323 e. The smallest absolute Gasteiger partial charge is 0.323 e. The summed E-state index contributed by atoms with van der Waals surface area (Å²) in [4.78, 5) is 20.2. The number of halogens is 3. The molecule has 2 aromatic rings. The molecule has 0 aliphatic heterocycles. The van der Waals surface area contributed by atoms with Crippen LogP contribution in [0.2, 0.25) is 0 Å². The number of carbonyl (C=O) groups excluding carboxylic acids is 1. The Hall–Kier alpha value is -1.60. The Morgan fingerprint density at radius 3 is 2.48 bits per heavy atom. The minimum absolute atomic E-state index is 0. The normalized spacial score (nSPS) is 10.5. The van der Waals surface area contributed by atoms with Gasteiger partial charge in [0.2, 0.25) is 0 Å². The molecule has 0 spiro atoms. The molecule has 3 N–H and O–H groups in total. The molecule has 27 heavy (non-hydrogen) atoms. The largest absolute Gasteiger partial charge is 0.468 e. The van der Waals surface area contributed by atoms with E-state index in [2.05, 4.69) is 20.0 Å². The van der Waals surface area contributed by atoms with Gasteiger partial charge in [0.25, 0.3) is 0 Å². The number of esters is 1. The first-order valence-corrected chi connectivity index (χ1v) is 8.03. The van der Waals surface area contributed by atoms with Gasteiger partial charge in [-0.1, -0.05) is 12.1 Å². The van der Waals surface area contributed by atoms with Gasteiger partial charge in [-0.25, -0.2) is 4.98 Å². The number of rotatable bonds is 8. The number of pyridine rings is 2. The van der Waals surface area contributed by atoms with Crippen LogP contribution in [0.5, 0.6) is 0 Å². The van der Waals surface area contributed by atoms with Gasteiger partial charge in [0.05, 0.1) is 7.11 Å². The van der Waals surface area contributed by atoms with Gasteiger partial charge in [0, 0.05) is 31.1 Å². The van der Waals surface area contributed by atoms with Crippen molar-refractivity contribution in [1.29, 1.82) is 0 Å². The second-order valence-corrected chi connectivity index (χ2v) is 5.61. The topological polar surface area (TPSA) is 90.1 Å². The van der Waals surface area contributed by atoms with Crippen molar-refractivity contribution in [3.63, 3.8) is 0 Å². The number of aryl methyl sites for hydroxylation is 2. The zero-order valence-electron chi connectivity index (χ0n) is 15.4. The second-order valence-electron chi connectivity index (χ2n) is 5.61. The van der Waals surface area contributed by atoms with Crippen LogP contribution < -0.4 is 11.1 Å². The predicted octanol–water partition coefficient (Wildman–Crippen LogP) is 3.00. The third-order valence-electron chi connectivity index (χ3n) is 3.78. The number of hydrogen-bond acceptors (Lipinski definition) is 6. The van der Waals surface area contributed by atoms with Crippen LogP contribution in [-0.4, -0.2) is 36.1 Å². The molecule has 0 bridgehead atoms. The summed E-state index contributed by atoms with van der Waals surface area (Å²) in [6, 6.07) is 9.28. The van der Waals surface area contributed by atoms with Crippen LogP contribution in [0.4, 0.5) is 5.82 Å². The number of carbonyl (C=O) groups is 1. The first-order chi connectivity index (χ1) is 11.6. The predicted molar refractivity (Wildman–Crippen MR) is 115 cm³/mol. The van der Waals surface area contributed by atoms with Crippen molar-refractivity contribution in [3.8, 4) is 0 Å². The average Bonchev–Trinajstić information content (AvgIpc) is 2.62. The van der Waals surface area contributed by atoms with Gasteiger partial charge in [-0.3, -0.25) is 9.78 Å². The number of nitrogens with two attached hydrogens (primary N) is 1. The third-order valence-corrected chi connectivity index (χ3v) is 3.78. The Kier molecular flexibility index (Phi) is 14.8. The summed E-state index contributed by atoms with van der Waals surface area (Å²) in [6.45, 7) is 0. The zero-order chi connectivity index (χ0) is 17.4. The Labute approximate surface area is 178 Å². The molecule has 0 saturated carbocycles. The Morgan fingerprint density at radius 1 is 1.15 bits per heavy atom. The molecule has 6 nitrogen and oxygen atoms in total. The molecule has 0 aromatic carbocycles. The minimum Gasteiger partial charge on any atom is -0.468 e. The molecule has 0 aliphatic rings. The fraction of sp³-hybridized carbons (Fsp3) is 0.389. The highest BCUT2D eigenvalue weighted by molar-refractivity contribution is 5.86. The van der Waals surface area contributed by atoms with E-state index >= 15 is 0 Å². The fourth-order valence-corrected chi connectivity index (χ4v) is 2.42. The number of hydrogen-bond donors (Lipinski definition) is 2. The molecule has 0 unspecified atom stereocenters. The SMILES string of the molecule is CNc1cccc(CCCc2ccc(C[C@H](N)C(=O)OC)nc2)n1.Cl.Cl.Cl. The van der Waals surface area contributed by atoms with Crippen LogP contribution in [0.1, 0.15) is 23.4 Å². The summed E-state index contributed by atoms with van der Waals surface area (Å²) in [7, 11) is 3.20. The van der Waals surface area contributed by atoms with Gasteiger partial charge >= 0.3 is 5.97 Å². The Morgan fingerprint density at radius 2 is 1.89 bits per heavy atom. The van der Waals surface area contributed by atoms with E-state index in [1.54, 1.807) is 0 Å². The summed E-state index contributed by atoms with van der Waals surface area (Å²) in [6.07, 6.45) is 5.08. The van der Waals surface area contributed by atoms with E-state index in [0.717, 1.165) is 42.0 Å². The molecule has 9 heteroatoms. The molecular weight excluding hydrogens is 411 g/mol. The first kappa shape index (κ1) is 27.6. The molecule has 0 aliphatic carbocycles. The van der Waals surface area contributed by atoms with E-state index in [-0.39, 0.29) is 37.2 Å². The number of anilines is 1. The number of nitrogens with one attached hydrogen (secondary N) is 1. The van der Waals surface area contributed by atoms with Gasteiger partial charge in [-0.2, -0.15) is 0 Å². The molecular formula is C18H27Cl3N4O2. The van der Waals surface area contributed by atoms with Crippen molar-refractivity contribution >= 4 is 49.0 Å². The lowest BCUT2D eigenvalue weighted by Gasteiger charge is -2.09. The Bertz CT molecular complexity index is 672. The first-order valence-electron chi connectivity index (χ1n) is 8.03. The number of methoxy groups -OCH3 is 1. The van der Waals surface area contributed by atoms with Gasteiger partial charge in [0.15, 0.2) is 0 Å². The second kappa shape index (κ2) is 14.5. The summed E-state index contributed by atoms with van der Waals surface area (Å²) in [5, 5.41) is 3.05. The molecule has 1 atom stereocenters. The molecule has 0 saturated heterocycles. The summed E-state index contributed by atoms with van der Waals surface area (Å²) in [5.74, 6) is 0.470. The monoisotopic (exact) mass is 436 g/mol. The van der Waals surface area contributed by atoms with Crippen molar-refractivity contribution in [1.82, 2.24) is 9.97 Å². The lowest BCUT2D eigenvalue weighted by molar-refractivity contribution is -0.142. The van der Waals surface area contributed by atoms with Gasteiger partial charge in [0.1, 0.15) is 11.9 Å². The Balaban J connectivity index is 0. The zero-order valence-corrected chi connectivity index (χ0v) is 17.8. The highest BCUT2D eigenvalue weighted by atomic mass is 35.5. The van der Waals surface area contributed by atoms with Crippen LogP contribution in [0.3, 0.4) is 0 Å². The third kappa shape index (κ3) is 9.24. The fourth-order valence-electron chi connectivity index (χ4n) is 2.42. The molecule has 152 valence electrons. The number of nitrogens with zero attached hydrogens (tertiary/aromatic N) is 2. The van der Waals surface area contributed by atoms with Gasteiger partial charge < -0.3 is 15.8 Å². The molecule has 0 fully saturated rings. The van der Waals surface area contributed by atoms with Crippen molar-refractivity contribution < 1.29 is 9.53 Å². The van der Waals surface area contributed by atoms with E-state index < -0.39 is 12.0 Å². The van der Waals surface area contributed by atoms with E-state index in [1.807, 2.05) is 43.6 Å². The molecule has 0 amide bonds. The van der Waals surface area contributed by atoms with Crippen LogP contribution in [0, 0.1) is 0 Å². The van der Waals surface area contributed by atoms with E-state index in [4.69, 9.17) is 5.73 Å². The van der Waals surface area contributed by atoms with Crippen LogP contribution in [0.15, 0.2) is 36.5 Å². The van der Waals surface area contributed by atoms with Crippen molar-refractivity contribution in [2.45, 2.75) is 31.7 Å². The minimum atomic E-state index is -0.668. The quantitative estimate of drug-likeness (QED) is 0.617. The van der Waals surface area contributed by atoms with Crippen molar-refractivity contribution in [3.05, 3.63) is 53.5 Å². The highest BCUT2D eigenvalue weighted by Crippen LogP contribution is 2.10. The van der Waals surface area contributed by atoms with E-state index in [9.17, 15) is 4.79 Å². The molecule has 2 rings (SSSR count). The standard InChI is InChI=1S/C18H24N4O2.3ClH/c1-20-17-8-4-7-14(22-17)6-3-5-13-9-10-15(21-12-13)11-16(19)18(23)24-2;;;/h4,7-10,12,16H,3,5-6,11,19H2,1-2H3,(H,20,22);3*1H/t16-;;;/m0.../s1. The van der Waals surface area contributed by atoms with Crippen LogP contribution >= 0.6 is 37.2 Å². The van der Waals surface area contributed by atoms with E-state index in [0.29, 0.717) is 6.42 Å². The number of aromatic nitrogens is 2. The maximum absolute atomic E-state index is 11.3. The highest BCUT2D eigenvalue weighted by Gasteiger charge is 2.14. The maximum atomic E-state index is 11.3. The summed E-state index contributed by atoms with van der Waals surface area (Å²) < 4.78 is 4.62. The number of ether oxygens (including phenoxy) is 1.